The third kappa shape index (κ3) is 5.11. The van der Waals surface area contributed by atoms with Crippen molar-refractivity contribution in [2.24, 2.45) is 16.6 Å². The molecule has 1 aromatic carbocycles. The number of nitrogens with zero attached hydrogens (tertiary/aromatic N) is 1. The van der Waals surface area contributed by atoms with Crippen LogP contribution in [-0.4, -0.2) is 25.7 Å². The van der Waals surface area contributed by atoms with E-state index in [2.05, 4.69) is 26.2 Å². The van der Waals surface area contributed by atoms with Gasteiger partial charge in [-0.1, -0.05) is 22.4 Å². The molecule has 0 aromatic heterocycles. The van der Waals surface area contributed by atoms with Gasteiger partial charge >= 0.3 is 0 Å². The molecular weight excluding hydrogens is 306 g/mol. The smallest absolute Gasteiger partial charge is 0.188 e. The van der Waals surface area contributed by atoms with Gasteiger partial charge in [-0.25, -0.2) is 0 Å². The van der Waals surface area contributed by atoms with Crippen LogP contribution < -0.4 is 15.8 Å². The molecule has 0 aliphatic heterocycles. The quantitative estimate of drug-likeness (QED) is 0.480. The number of benzene rings is 1. The molecule has 0 bridgehead atoms. The maximum Gasteiger partial charge on any atom is 0.188 e. The van der Waals surface area contributed by atoms with Crippen molar-refractivity contribution >= 4 is 21.9 Å². The number of hydrogen-bond donors (Lipinski definition) is 2. The predicted molar refractivity (Wildman–Crippen MR) is 81.5 cm³/mol. The Bertz CT molecular complexity index is 415. The molecule has 1 aliphatic carbocycles. The lowest BCUT2D eigenvalue weighted by Crippen LogP contribution is -2.35. The van der Waals surface area contributed by atoms with Crippen molar-refractivity contribution in [2.75, 3.05) is 19.7 Å². The fraction of sp³-hybridized carbons (Fsp3) is 0.500. The fourth-order valence-corrected chi connectivity index (χ4v) is 2.10. The second kappa shape index (κ2) is 7.38. The van der Waals surface area contributed by atoms with E-state index in [0.29, 0.717) is 19.1 Å². The Morgan fingerprint density at radius 3 is 2.74 bits per heavy atom. The second-order valence-electron chi connectivity index (χ2n) is 4.75. The van der Waals surface area contributed by atoms with E-state index in [1.165, 1.54) is 19.3 Å². The van der Waals surface area contributed by atoms with E-state index in [4.69, 9.17) is 10.5 Å². The highest BCUT2D eigenvalue weighted by Crippen LogP contribution is 2.26. The Morgan fingerprint density at radius 1 is 1.37 bits per heavy atom. The highest BCUT2D eigenvalue weighted by molar-refractivity contribution is 9.10. The van der Waals surface area contributed by atoms with Crippen LogP contribution in [0.4, 0.5) is 0 Å². The van der Waals surface area contributed by atoms with Gasteiger partial charge < -0.3 is 15.8 Å². The van der Waals surface area contributed by atoms with Gasteiger partial charge in [-0.3, -0.25) is 4.99 Å². The normalized spacial score (nSPS) is 15.9. The van der Waals surface area contributed by atoms with Crippen LogP contribution in [0.2, 0.25) is 0 Å². The molecule has 5 heteroatoms. The molecule has 1 aromatic rings. The van der Waals surface area contributed by atoms with Crippen LogP contribution in [0.3, 0.4) is 0 Å². The summed E-state index contributed by atoms with van der Waals surface area (Å²) in [6.07, 6.45) is 3.93. The molecule has 2 rings (SSSR count). The standard InChI is InChI=1S/C14H20BrN3O/c15-12-4-6-13(7-5-12)19-9-8-17-14(16)18-10-11-2-1-3-11/h4-7,11H,1-3,8-10H2,(H3,16,17,18). The summed E-state index contributed by atoms with van der Waals surface area (Å²) in [4.78, 5) is 4.32. The summed E-state index contributed by atoms with van der Waals surface area (Å²) < 4.78 is 6.62. The first-order valence-corrected chi connectivity index (χ1v) is 7.45. The highest BCUT2D eigenvalue weighted by atomic mass is 79.9. The molecule has 0 heterocycles. The predicted octanol–water partition coefficient (Wildman–Crippen LogP) is 2.53. The van der Waals surface area contributed by atoms with E-state index in [-0.39, 0.29) is 0 Å². The SMILES string of the molecule is NC(=NCC1CCC1)NCCOc1ccc(Br)cc1. The summed E-state index contributed by atoms with van der Waals surface area (Å²) in [6.45, 7) is 2.09. The van der Waals surface area contributed by atoms with E-state index in [9.17, 15) is 0 Å². The van der Waals surface area contributed by atoms with E-state index < -0.39 is 0 Å². The molecule has 1 aliphatic rings. The van der Waals surface area contributed by atoms with Gasteiger partial charge in [0.1, 0.15) is 12.4 Å². The Morgan fingerprint density at radius 2 is 2.11 bits per heavy atom. The van der Waals surface area contributed by atoms with Crippen molar-refractivity contribution in [1.82, 2.24) is 5.32 Å². The van der Waals surface area contributed by atoms with Gasteiger partial charge in [0.15, 0.2) is 5.96 Å². The molecule has 0 atom stereocenters. The molecule has 0 radical (unpaired) electrons. The lowest BCUT2D eigenvalue weighted by atomic mass is 9.86. The van der Waals surface area contributed by atoms with E-state index >= 15 is 0 Å². The summed E-state index contributed by atoms with van der Waals surface area (Å²) in [7, 11) is 0. The van der Waals surface area contributed by atoms with Crippen LogP contribution in [0, 0.1) is 5.92 Å². The lowest BCUT2D eigenvalue weighted by molar-refractivity contribution is 0.320. The molecular formula is C14H20BrN3O. The Kier molecular flexibility index (Phi) is 5.51. The number of aliphatic imine (C=N–C) groups is 1. The number of nitrogens with one attached hydrogen (secondary N) is 1. The highest BCUT2D eigenvalue weighted by Gasteiger charge is 2.16. The zero-order valence-corrected chi connectivity index (χ0v) is 12.5. The summed E-state index contributed by atoms with van der Waals surface area (Å²) in [5, 5.41) is 3.06. The molecule has 1 saturated carbocycles. The summed E-state index contributed by atoms with van der Waals surface area (Å²) in [5.74, 6) is 2.13. The average Bonchev–Trinajstić information content (AvgIpc) is 2.35. The van der Waals surface area contributed by atoms with Crippen LogP contribution in [0.5, 0.6) is 5.75 Å². The molecule has 1 fully saturated rings. The minimum absolute atomic E-state index is 0.520. The first-order valence-electron chi connectivity index (χ1n) is 6.66. The first kappa shape index (κ1) is 14.2. The van der Waals surface area contributed by atoms with Gasteiger partial charge in [0, 0.05) is 11.0 Å². The maximum atomic E-state index is 5.78. The minimum atomic E-state index is 0.520. The van der Waals surface area contributed by atoms with Gasteiger partial charge in [0.2, 0.25) is 0 Å². The number of guanidine groups is 1. The van der Waals surface area contributed by atoms with Gasteiger partial charge in [0.25, 0.3) is 0 Å². The number of hydrogen-bond acceptors (Lipinski definition) is 2. The van der Waals surface area contributed by atoms with Crippen LogP contribution >= 0.6 is 15.9 Å². The summed E-state index contributed by atoms with van der Waals surface area (Å²) >= 11 is 3.39. The zero-order valence-electron chi connectivity index (χ0n) is 10.9. The van der Waals surface area contributed by atoms with E-state index in [0.717, 1.165) is 22.7 Å². The number of halogens is 1. The topological polar surface area (TPSA) is 59.6 Å². The third-order valence-electron chi connectivity index (χ3n) is 3.24. The number of rotatable bonds is 6. The lowest BCUT2D eigenvalue weighted by Gasteiger charge is -2.23. The summed E-state index contributed by atoms with van der Waals surface area (Å²) in [5.41, 5.74) is 5.78. The largest absolute Gasteiger partial charge is 0.492 e. The van der Waals surface area contributed by atoms with Crippen LogP contribution in [0.1, 0.15) is 19.3 Å². The van der Waals surface area contributed by atoms with Gasteiger partial charge in [-0.2, -0.15) is 0 Å². The third-order valence-corrected chi connectivity index (χ3v) is 3.76. The Balaban J connectivity index is 1.59. The maximum absolute atomic E-state index is 5.78. The molecule has 0 amide bonds. The van der Waals surface area contributed by atoms with E-state index in [1.54, 1.807) is 0 Å². The van der Waals surface area contributed by atoms with Crippen molar-refractivity contribution in [1.29, 1.82) is 0 Å². The molecule has 0 spiro atoms. The zero-order chi connectivity index (χ0) is 13.5. The van der Waals surface area contributed by atoms with Gasteiger partial charge in [0.05, 0.1) is 6.54 Å². The van der Waals surface area contributed by atoms with Crippen molar-refractivity contribution in [2.45, 2.75) is 19.3 Å². The Labute approximate surface area is 122 Å². The van der Waals surface area contributed by atoms with Crippen molar-refractivity contribution in [3.63, 3.8) is 0 Å². The van der Waals surface area contributed by atoms with Crippen molar-refractivity contribution in [3.8, 4) is 5.75 Å². The van der Waals surface area contributed by atoms with E-state index in [1.807, 2.05) is 24.3 Å². The minimum Gasteiger partial charge on any atom is -0.492 e. The average molecular weight is 326 g/mol. The molecule has 3 N–H and O–H groups in total. The fourth-order valence-electron chi connectivity index (χ4n) is 1.84. The molecule has 4 nitrogen and oxygen atoms in total. The monoisotopic (exact) mass is 325 g/mol. The van der Waals surface area contributed by atoms with Crippen LogP contribution in [0.25, 0.3) is 0 Å². The van der Waals surface area contributed by atoms with Gasteiger partial charge in [-0.15, -0.1) is 0 Å². The molecule has 0 unspecified atom stereocenters. The molecule has 0 saturated heterocycles. The van der Waals surface area contributed by atoms with Gasteiger partial charge in [-0.05, 0) is 43.0 Å². The van der Waals surface area contributed by atoms with Crippen molar-refractivity contribution < 1.29 is 4.74 Å². The van der Waals surface area contributed by atoms with Crippen molar-refractivity contribution in [3.05, 3.63) is 28.7 Å². The van der Waals surface area contributed by atoms with Crippen LogP contribution in [0.15, 0.2) is 33.7 Å². The molecule has 104 valence electrons. The molecule has 19 heavy (non-hydrogen) atoms. The summed E-state index contributed by atoms with van der Waals surface area (Å²) in [6, 6.07) is 7.77. The Hall–Kier alpha value is -1.23. The number of ether oxygens (including phenoxy) is 1. The number of nitrogens with two attached hydrogens (primary N) is 1. The van der Waals surface area contributed by atoms with Crippen LogP contribution in [-0.2, 0) is 0 Å². The first-order chi connectivity index (χ1) is 9.24. The second-order valence-corrected chi connectivity index (χ2v) is 5.67.